The van der Waals surface area contributed by atoms with Gasteiger partial charge in [-0.3, -0.25) is 0 Å². The Morgan fingerprint density at radius 2 is 1.42 bits per heavy atom. The molecule has 1 heterocycles. The quantitative estimate of drug-likeness (QED) is 0.534. The van der Waals surface area contributed by atoms with Gasteiger partial charge in [0.05, 0.1) is 11.2 Å². The minimum absolute atomic E-state index is 0.0468. The van der Waals surface area contributed by atoms with Crippen LogP contribution in [0.5, 0.6) is 0 Å². The van der Waals surface area contributed by atoms with Gasteiger partial charge in [0.15, 0.2) is 0 Å². The van der Waals surface area contributed by atoms with Crippen molar-refractivity contribution in [3.05, 3.63) is 0 Å². The number of rotatable bonds is 5. The Morgan fingerprint density at radius 1 is 0.895 bits per heavy atom. The fourth-order valence-electron chi connectivity index (χ4n) is 4.44. The summed E-state index contributed by atoms with van der Waals surface area (Å²) in [7, 11) is 0.0468. The summed E-state index contributed by atoms with van der Waals surface area (Å²) in [5, 5.41) is 0.372. The number of unbranched alkanes of at least 4 members (excludes halogenated alkanes) is 2. The van der Waals surface area contributed by atoms with Gasteiger partial charge in [0.25, 0.3) is 0 Å². The van der Waals surface area contributed by atoms with Crippen molar-refractivity contribution in [3.63, 3.8) is 0 Å². The molecule has 0 unspecified atom stereocenters. The molecule has 3 aliphatic carbocycles. The summed E-state index contributed by atoms with van der Waals surface area (Å²) < 4.78 is 12.5. The van der Waals surface area contributed by atoms with Gasteiger partial charge in [-0.2, -0.15) is 0 Å². The lowest BCUT2D eigenvalue weighted by Crippen LogP contribution is -2.63. The minimum atomic E-state index is -0.164. The van der Waals surface area contributed by atoms with Crippen LogP contribution >= 0.6 is 0 Å². The summed E-state index contributed by atoms with van der Waals surface area (Å²) in [6.45, 7) is 10.9. The number of hydrogen-bond donors (Lipinski definition) is 0. The van der Waals surface area contributed by atoms with E-state index in [-0.39, 0.29) is 18.3 Å². The van der Waals surface area contributed by atoms with E-state index in [4.69, 9.17) is 9.31 Å². The predicted octanol–water partition coefficient (Wildman–Crippen LogP) is 4.58. The maximum absolute atomic E-state index is 6.26. The Labute approximate surface area is 118 Å². The molecular weight excluding hydrogens is 235 g/mol. The number of hydrogen-bond acceptors (Lipinski definition) is 2. The lowest BCUT2D eigenvalue weighted by atomic mass is 9.23. The van der Waals surface area contributed by atoms with Crippen LogP contribution in [0.3, 0.4) is 0 Å². The summed E-state index contributed by atoms with van der Waals surface area (Å²) >= 11 is 0. The third kappa shape index (κ3) is 1.92. The van der Waals surface area contributed by atoms with Crippen molar-refractivity contribution in [2.75, 3.05) is 0 Å². The van der Waals surface area contributed by atoms with Gasteiger partial charge >= 0.3 is 7.12 Å². The summed E-state index contributed by atoms with van der Waals surface area (Å²) in [6.07, 6.45) is 9.61. The van der Waals surface area contributed by atoms with E-state index < -0.39 is 0 Å². The molecule has 4 fully saturated rings. The second-order valence-electron chi connectivity index (χ2n) is 8.44. The monoisotopic (exact) mass is 264 g/mol. The van der Waals surface area contributed by atoms with Gasteiger partial charge in [0.1, 0.15) is 0 Å². The zero-order valence-corrected chi connectivity index (χ0v) is 13.3. The first kappa shape index (κ1) is 13.9. The molecule has 0 radical (unpaired) electrons. The molecule has 0 N–H and O–H groups in total. The zero-order chi connectivity index (χ0) is 13.9. The normalized spacial score (nSPS) is 41.8. The van der Waals surface area contributed by atoms with Crippen LogP contribution in [0.4, 0.5) is 0 Å². The molecule has 0 spiro atoms. The van der Waals surface area contributed by atoms with E-state index in [9.17, 15) is 0 Å². The Morgan fingerprint density at radius 3 is 1.89 bits per heavy atom. The van der Waals surface area contributed by atoms with Gasteiger partial charge in [0.2, 0.25) is 0 Å². The van der Waals surface area contributed by atoms with Gasteiger partial charge in [0, 0.05) is 5.31 Å². The highest BCUT2D eigenvalue weighted by Gasteiger charge is 2.75. The molecule has 2 nitrogen and oxygen atoms in total. The summed E-state index contributed by atoms with van der Waals surface area (Å²) in [5.41, 5.74) is 0.351. The van der Waals surface area contributed by atoms with Gasteiger partial charge in [-0.15, -0.1) is 0 Å². The Balaban J connectivity index is 1.55. The lowest BCUT2D eigenvalue weighted by molar-refractivity contribution is -0.116. The third-order valence-electron chi connectivity index (χ3n) is 6.25. The van der Waals surface area contributed by atoms with Gasteiger partial charge in [-0.25, -0.2) is 0 Å². The molecule has 3 saturated carbocycles. The Kier molecular flexibility index (Phi) is 2.94. The fraction of sp³-hybridized carbons (Fsp3) is 1.00. The van der Waals surface area contributed by atoms with Crippen molar-refractivity contribution in [1.29, 1.82) is 0 Å². The molecule has 1 aliphatic heterocycles. The van der Waals surface area contributed by atoms with Crippen molar-refractivity contribution < 1.29 is 9.31 Å². The molecule has 2 bridgehead atoms. The molecule has 4 rings (SSSR count). The maximum Gasteiger partial charge on any atom is 0.464 e. The minimum Gasteiger partial charge on any atom is -0.403 e. The molecular formula is C16H29BO2. The first-order valence-corrected chi connectivity index (χ1v) is 8.10. The maximum atomic E-state index is 6.26. The molecule has 1 saturated heterocycles. The van der Waals surface area contributed by atoms with Crippen LogP contribution in [0.15, 0.2) is 0 Å². The van der Waals surface area contributed by atoms with E-state index in [0.29, 0.717) is 10.7 Å². The van der Waals surface area contributed by atoms with E-state index in [2.05, 4.69) is 34.6 Å². The summed E-state index contributed by atoms with van der Waals surface area (Å²) in [6, 6.07) is 0. The van der Waals surface area contributed by atoms with E-state index in [1.807, 2.05) is 0 Å². The molecule has 0 amide bonds. The van der Waals surface area contributed by atoms with Crippen molar-refractivity contribution >= 4 is 7.12 Å². The SMILES string of the molecule is CCCCCC12CC(B3OC(C)(C)C(C)(C)O3)(C1)C2. The average Bonchev–Trinajstić information content (AvgIpc) is 2.38. The van der Waals surface area contributed by atoms with Crippen LogP contribution < -0.4 is 0 Å². The van der Waals surface area contributed by atoms with Gasteiger partial charge in [-0.1, -0.05) is 26.2 Å². The highest BCUT2D eigenvalue weighted by atomic mass is 16.7. The smallest absolute Gasteiger partial charge is 0.403 e. The van der Waals surface area contributed by atoms with Crippen LogP contribution in [-0.2, 0) is 9.31 Å². The first-order chi connectivity index (χ1) is 8.74. The first-order valence-electron chi connectivity index (χ1n) is 8.10. The van der Waals surface area contributed by atoms with Gasteiger partial charge in [-0.05, 0) is 58.8 Å². The molecule has 108 valence electrons. The molecule has 0 aromatic carbocycles. The topological polar surface area (TPSA) is 18.5 Å². The second-order valence-corrected chi connectivity index (χ2v) is 8.44. The highest BCUT2D eigenvalue weighted by Crippen LogP contribution is 2.82. The highest BCUT2D eigenvalue weighted by molar-refractivity contribution is 6.51. The molecule has 0 atom stereocenters. The van der Waals surface area contributed by atoms with E-state index in [1.54, 1.807) is 0 Å². The summed E-state index contributed by atoms with van der Waals surface area (Å²) in [4.78, 5) is 0. The van der Waals surface area contributed by atoms with Crippen LogP contribution in [0.1, 0.15) is 79.6 Å². The average molecular weight is 264 g/mol. The largest absolute Gasteiger partial charge is 0.464 e. The third-order valence-corrected chi connectivity index (χ3v) is 6.25. The van der Waals surface area contributed by atoms with E-state index in [1.165, 1.54) is 44.9 Å². The van der Waals surface area contributed by atoms with Crippen LogP contribution in [-0.4, -0.2) is 18.3 Å². The summed E-state index contributed by atoms with van der Waals surface area (Å²) in [5.74, 6) is 0. The van der Waals surface area contributed by atoms with Gasteiger partial charge < -0.3 is 9.31 Å². The van der Waals surface area contributed by atoms with Crippen molar-refractivity contribution in [3.8, 4) is 0 Å². The molecule has 4 aliphatic rings. The molecule has 3 heteroatoms. The van der Waals surface area contributed by atoms with Crippen LogP contribution in [0, 0.1) is 5.41 Å². The fourth-order valence-corrected chi connectivity index (χ4v) is 4.44. The Bertz CT molecular complexity index is 339. The van der Waals surface area contributed by atoms with Crippen LogP contribution in [0.2, 0.25) is 5.31 Å². The van der Waals surface area contributed by atoms with E-state index >= 15 is 0 Å². The second kappa shape index (κ2) is 4.01. The van der Waals surface area contributed by atoms with E-state index in [0.717, 1.165) is 0 Å². The Hall–Kier alpha value is -0.0151. The lowest BCUT2D eigenvalue weighted by Gasteiger charge is -2.71. The van der Waals surface area contributed by atoms with Crippen LogP contribution in [0.25, 0.3) is 0 Å². The molecule has 0 aromatic heterocycles. The van der Waals surface area contributed by atoms with Crippen molar-refractivity contribution in [2.45, 2.75) is 96.1 Å². The molecule has 0 aromatic rings. The molecule has 19 heavy (non-hydrogen) atoms. The van der Waals surface area contributed by atoms with Crippen molar-refractivity contribution in [1.82, 2.24) is 0 Å². The predicted molar refractivity (Wildman–Crippen MR) is 79.2 cm³/mol. The van der Waals surface area contributed by atoms with Crippen molar-refractivity contribution in [2.24, 2.45) is 5.41 Å². The standard InChI is InChI=1S/C16H29BO2/c1-6-7-8-9-15-10-16(11-15,12-15)17-18-13(2,3)14(4,5)19-17/h6-12H2,1-5H3. The zero-order valence-electron chi connectivity index (χ0n) is 13.3.